The first-order chi connectivity index (χ1) is 25.3. The SMILES string of the molecule is CC(=O)O[C@H]1C(=O)[C@@]2(C)C(C(OC(=O)c3ccccc3)[C@]3(O)C[C@H](OC(=O)[C@H](O)[C@@H](N)c4ccccc4)C(C)=C1C3(C)C)[C@]1(OC(C)=O)CO[C@@H]1C[C@@H]2O. The third-order valence-electron chi connectivity index (χ3n) is 12.2. The molecule has 0 radical (unpaired) electrons. The smallest absolute Gasteiger partial charge is 0.338 e. The molecule has 1 aliphatic heterocycles. The summed E-state index contributed by atoms with van der Waals surface area (Å²) in [4.78, 5) is 68.7. The molecule has 2 saturated carbocycles. The van der Waals surface area contributed by atoms with Gasteiger partial charge in [0.25, 0.3) is 0 Å². The number of carbonyl (C=O) groups excluding carboxylic acids is 5. The fraction of sp³-hybridized carbons (Fsp3) is 0.525. The molecular formula is C40H47NO13. The van der Waals surface area contributed by atoms with E-state index in [9.17, 15) is 34.5 Å². The van der Waals surface area contributed by atoms with Crippen molar-refractivity contribution in [1.29, 1.82) is 0 Å². The second-order valence-corrected chi connectivity index (χ2v) is 15.6. The number of carbonyl (C=O) groups is 5. The van der Waals surface area contributed by atoms with Gasteiger partial charge in [-0.15, -0.1) is 0 Å². The number of esters is 4. The predicted molar refractivity (Wildman–Crippen MR) is 188 cm³/mol. The molecule has 54 heavy (non-hydrogen) atoms. The first-order valence-electron chi connectivity index (χ1n) is 17.9. The largest absolute Gasteiger partial charge is 0.456 e. The molecule has 2 bridgehead atoms. The number of aliphatic hydroxyl groups is 3. The maximum atomic E-state index is 15.3. The Labute approximate surface area is 312 Å². The molecule has 2 unspecified atom stereocenters. The van der Waals surface area contributed by atoms with Crippen LogP contribution in [0.5, 0.6) is 0 Å². The minimum Gasteiger partial charge on any atom is -0.456 e. The van der Waals surface area contributed by atoms with Gasteiger partial charge in [0, 0.05) is 32.1 Å². The average Bonchev–Trinajstić information content (AvgIpc) is 3.12. The molecule has 3 aliphatic carbocycles. The number of nitrogens with two attached hydrogens (primary N) is 1. The number of rotatable bonds is 8. The van der Waals surface area contributed by atoms with Crippen molar-refractivity contribution in [3.8, 4) is 0 Å². The number of ketones is 1. The van der Waals surface area contributed by atoms with E-state index in [0.29, 0.717) is 5.56 Å². The van der Waals surface area contributed by atoms with E-state index in [-0.39, 0.29) is 29.7 Å². The van der Waals surface area contributed by atoms with Gasteiger partial charge < -0.3 is 44.7 Å². The van der Waals surface area contributed by atoms with Crippen molar-refractivity contribution in [3.05, 3.63) is 82.9 Å². The number of Topliss-reactive ketones (excluding diaryl/α,β-unsaturated/α-hetero) is 1. The molecule has 5 N–H and O–H groups in total. The summed E-state index contributed by atoms with van der Waals surface area (Å²) < 4.78 is 29.9. The fourth-order valence-electron chi connectivity index (χ4n) is 9.23. The number of hydrogen-bond donors (Lipinski definition) is 4. The Kier molecular flexibility index (Phi) is 10.2. The third kappa shape index (κ3) is 6.04. The molecular weight excluding hydrogens is 702 g/mol. The lowest BCUT2D eigenvalue weighted by molar-refractivity contribution is -0.346. The average molecular weight is 750 g/mol. The van der Waals surface area contributed by atoms with Crippen molar-refractivity contribution in [3.63, 3.8) is 0 Å². The Morgan fingerprint density at radius 1 is 0.926 bits per heavy atom. The first kappa shape index (κ1) is 39.2. The van der Waals surface area contributed by atoms with Crippen LogP contribution < -0.4 is 5.73 Å². The summed E-state index contributed by atoms with van der Waals surface area (Å²) in [5.41, 5.74) is -0.605. The van der Waals surface area contributed by atoms with Crippen molar-refractivity contribution in [2.24, 2.45) is 22.5 Å². The molecule has 6 rings (SSSR count). The second kappa shape index (κ2) is 14.0. The van der Waals surface area contributed by atoms with E-state index in [1.807, 2.05) is 0 Å². The number of benzene rings is 2. The standard InChI is InChI=1S/C40H47NO13/c1-20-25(52-36(48)30(45)29(41)23-13-9-7-10-14-23)18-40(49)34(53-35(47)24-15-11-8-12-16-24)32-38(6,26(44)17-27-39(32,19-50-27)54-22(3)43)33(46)31(51-21(2)42)28(20)37(40,4)5/h7-16,25-27,29-32,34,44-45,49H,17-19,41H2,1-6H3/t25-,26-,27+,29-,30+,31+,32?,34?,38+,39-,40+/m0/s1. The highest BCUT2D eigenvalue weighted by molar-refractivity contribution is 5.95. The van der Waals surface area contributed by atoms with Crippen LogP contribution in [-0.2, 0) is 42.9 Å². The van der Waals surface area contributed by atoms with Crippen molar-refractivity contribution < 1.29 is 63.0 Å². The number of aliphatic hydroxyl groups excluding tert-OH is 2. The van der Waals surface area contributed by atoms with Gasteiger partial charge in [-0.05, 0) is 42.7 Å². The molecule has 1 heterocycles. The Balaban J connectivity index is 1.58. The number of ether oxygens (including phenoxy) is 5. The summed E-state index contributed by atoms with van der Waals surface area (Å²) >= 11 is 0. The molecule has 0 amide bonds. The van der Waals surface area contributed by atoms with Crippen LogP contribution in [0.2, 0.25) is 0 Å². The summed E-state index contributed by atoms with van der Waals surface area (Å²) in [6.45, 7) is 8.08. The minimum absolute atomic E-state index is 0.0391. The van der Waals surface area contributed by atoms with Crippen LogP contribution >= 0.6 is 0 Å². The monoisotopic (exact) mass is 749 g/mol. The lowest BCUT2D eigenvalue weighted by Crippen LogP contribution is -2.82. The Bertz CT molecular complexity index is 1860. The van der Waals surface area contributed by atoms with Gasteiger partial charge >= 0.3 is 23.9 Å². The van der Waals surface area contributed by atoms with Gasteiger partial charge in [-0.3, -0.25) is 14.4 Å². The van der Waals surface area contributed by atoms with E-state index >= 15 is 4.79 Å². The lowest BCUT2D eigenvalue weighted by atomic mass is 9.44. The van der Waals surface area contributed by atoms with Gasteiger partial charge in [-0.1, -0.05) is 62.4 Å². The Morgan fingerprint density at radius 3 is 2.09 bits per heavy atom. The van der Waals surface area contributed by atoms with Crippen LogP contribution in [0.4, 0.5) is 0 Å². The zero-order valence-corrected chi connectivity index (χ0v) is 31.0. The topological polar surface area (TPSA) is 218 Å². The van der Waals surface area contributed by atoms with E-state index < -0.39 is 107 Å². The van der Waals surface area contributed by atoms with Gasteiger partial charge in [-0.2, -0.15) is 0 Å². The highest BCUT2D eigenvalue weighted by Crippen LogP contribution is 2.64. The maximum Gasteiger partial charge on any atom is 0.338 e. The van der Waals surface area contributed by atoms with Gasteiger partial charge in [0.05, 0.1) is 35.6 Å². The zero-order chi connectivity index (χ0) is 39.5. The lowest BCUT2D eigenvalue weighted by Gasteiger charge is -2.67. The summed E-state index contributed by atoms with van der Waals surface area (Å²) in [6.07, 6.45) is -9.98. The van der Waals surface area contributed by atoms with Crippen LogP contribution in [-0.4, -0.2) is 99.4 Å². The van der Waals surface area contributed by atoms with Crippen LogP contribution in [0.15, 0.2) is 71.8 Å². The minimum atomic E-state index is -2.32. The van der Waals surface area contributed by atoms with E-state index in [1.165, 1.54) is 19.1 Å². The summed E-state index contributed by atoms with van der Waals surface area (Å²) in [5.74, 6) is -6.01. The van der Waals surface area contributed by atoms with E-state index in [2.05, 4.69) is 0 Å². The zero-order valence-electron chi connectivity index (χ0n) is 31.0. The summed E-state index contributed by atoms with van der Waals surface area (Å²) in [7, 11) is 0. The molecule has 4 aliphatic rings. The predicted octanol–water partition coefficient (Wildman–Crippen LogP) is 2.26. The normalized spacial score (nSPS) is 35.0. The molecule has 14 heteroatoms. The highest BCUT2D eigenvalue weighted by Gasteiger charge is 2.78. The van der Waals surface area contributed by atoms with E-state index in [1.54, 1.807) is 69.3 Å². The maximum absolute atomic E-state index is 15.3. The second-order valence-electron chi connectivity index (χ2n) is 15.6. The number of fused-ring (bicyclic) bond motifs is 5. The molecule has 14 nitrogen and oxygen atoms in total. The third-order valence-corrected chi connectivity index (χ3v) is 12.2. The van der Waals surface area contributed by atoms with E-state index in [0.717, 1.165) is 13.8 Å². The molecule has 3 fully saturated rings. The van der Waals surface area contributed by atoms with Gasteiger partial charge in [-0.25, -0.2) is 9.59 Å². The molecule has 2 aromatic rings. The van der Waals surface area contributed by atoms with E-state index in [4.69, 9.17) is 29.4 Å². The van der Waals surface area contributed by atoms with Crippen molar-refractivity contribution >= 4 is 29.7 Å². The van der Waals surface area contributed by atoms with Crippen molar-refractivity contribution in [1.82, 2.24) is 0 Å². The Morgan fingerprint density at radius 2 is 1.54 bits per heavy atom. The molecule has 2 aromatic carbocycles. The van der Waals surface area contributed by atoms with Gasteiger partial charge in [0.15, 0.2) is 23.6 Å². The quantitative estimate of drug-likeness (QED) is 0.173. The van der Waals surface area contributed by atoms with Crippen LogP contribution in [0, 0.1) is 16.7 Å². The fourth-order valence-corrected chi connectivity index (χ4v) is 9.23. The molecule has 290 valence electrons. The molecule has 0 aromatic heterocycles. The van der Waals surface area contributed by atoms with Crippen molar-refractivity contribution in [2.75, 3.05) is 6.61 Å². The number of hydrogen-bond acceptors (Lipinski definition) is 14. The Hall–Kier alpha value is -4.47. The first-order valence-corrected chi connectivity index (χ1v) is 17.9. The highest BCUT2D eigenvalue weighted by atomic mass is 16.6. The van der Waals surface area contributed by atoms with Crippen LogP contribution in [0.3, 0.4) is 0 Å². The molecule has 0 spiro atoms. The molecule has 1 saturated heterocycles. The van der Waals surface area contributed by atoms with Gasteiger partial charge in [0.1, 0.15) is 23.9 Å². The molecule has 11 atom stereocenters. The van der Waals surface area contributed by atoms with Crippen molar-refractivity contribution in [2.45, 2.75) is 108 Å². The summed E-state index contributed by atoms with van der Waals surface area (Å²) in [6, 6.07) is 15.1. The van der Waals surface area contributed by atoms with Crippen LogP contribution in [0.1, 0.15) is 76.3 Å². The van der Waals surface area contributed by atoms with Crippen LogP contribution in [0.25, 0.3) is 0 Å². The van der Waals surface area contributed by atoms with Gasteiger partial charge in [0.2, 0.25) is 0 Å². The summed E-state index contributed by atoms with van der Waals surface area (Å²) in [5, 5.41) is 36.5.